The summed E-state index contributed by atoms with van der Waals surface area (Å²) in [5.41, 5.74) is 0.971. The summed E-state index contributed by atoms with van der Waals surface area (Å²) >= 11 is 7.76. The average Bonchev–Trinajstić information content (AvgIpc) is 2.81. The molecule has 0 unspecified atom stereocenters. The monoisotopic (exact) mass is 282 g/mol. The van der Waals surface area contributed by atoms with Crippen molar-refractivity contribution >= 4 is 28.8 Å². The van der Waals surface area contributed by atoms with Crippen LogP contribution in [0.1, 0.15) is 30.3 Å². The zero-order valence-electron chi connectivity index (χ0n) is 10.4. The van der Waals surface area contributed by atoms with Crippen molar-refractivity contribution in [1.29, 1.82) is 0 Å². The number of halogens is 1. The molecule has 2 aromatic heterocycles. The van der Waals surface area contributed by atoms with Crippen LogP contribution in [0.5, 0.6) is 0 Å². The van der Waals surface area contributed by atoms with Crippen molar-refractivity contribution in [3.8, 4) is 0 Å². The van der Waals surface area contributed by atoms with Crippen LogP contribution >= 0.6 is 22.9 Å². The first-order valence-electron chi connectivity index (χ1n) is 5.81. The van der Waals surface area contributed by atoms with Crippen LogP contribution in [-0.2, 0) is 6.42 Å². The lowest BCUT2D eigenvalue weighted by molar-refractivity contribution is 0.842. The van der Waals surface area contributed by atoms with Crippen LogP contribution in [-0.4, -0.2) is 21.5 Å². The lowest BCUT2D eigenvalue weighted by Crippen LogP contribution is -2.10. The number of thiazole rings is 1. The summed E-state index contributed by atoms with van der Waals surface area (Å²) in [6.07, 6.45) is 4.19. The van der Waals surface area contributed by atoms with E-state index in [1.807, 2.05) is 11.6 Å². The van der Waals surface area contributed by atoms with Crippen molar-refractivity contribution in [3.63, 3.8) is 0 Å². The third-order valence-corrected chi connectivity index (χ3v) is 3.67. The zero-order chi connectivity index (χ0) is 13.0. The van der Waals surface area contributed by atoms with Gasteiger partial charge in [-0.05, 0) is 5.92 Å². The highest BCUT2D eigenvalue weighted by molar-refractivity contribution is 7.09. The Morgan fingerprint density at radius 1 is 1.33 bits per heavy atom. The highest BCUT2D eigenvalue weighted by Crippen LogP contribution is 2.27. The Morgan fingerprint density at radius 2 is 2.17 bits per heavy atom. The number of anilines is 1. The predicted octanol–water partition coefficient (Wildman–Crippen LogP) is 3.36. The molecular formula is C12H15ClN4S. The minimum Gasteiger partial charge on any atom is -0.369 e. The standard InChI is InChI=1S/C12H15ClN4S/c1-8(2)10-11(13)16-7-17-12(10)15-4-3-9-14-5-6-18-9/h5-8H,3-4H2,1-2H3,(H,15,16,17). The summed E-state index contributed by atoms with van der Waals surface area (Å²) in [5, 5.41) is 6.93. The van der Waals surface area contributed by atoms with E-state index in [0.29, 0.717) is 11.1 Å². The molecule has 1 N–H and O–H groups in total. The molecule has 0 atom stereocenters. The molecule has 0 fully saturated rings. The van der Waals surface area contributed by atoms with Gasteiger partial charge in [0.1, 0.15) is 17.3 Å². The second-order valence-corrected chi connectivity index (χ2v) is 5.52. The van der Waals surface area contributed by atoms with Crippen LogP contribution in [0, 0.1) is 0 Å². The van der Waals surface area contributed by atoms with Gasteiger partial charge in [0.05, 0.1) is 5.01 Å². The molecule has 0 bridgehead atoms. The molecule has 96 valence electrons. The van der Waals surface area contributed by atoms with Crippen molar-refractivity contribution in [3.05, 3.63) is 33.6 Å². The number of rotatable bonds is 5. The molecule has 0 saturated heterocycles. The van der Waals surface area contributed by atoms with E-state index >= 15 is 0 Å². The van der Waals surface area contributed by atoms with Gasteiger partial charge in [0.25, 0.3) is 0 Å². The highest BCUT2D eigenvalue weighted by Gasteiger charge is 2.13. The number of hydrogen-bond donors (Lipinski definition) is 1. The fraction of sp³-hybridized carbons (Fsp3) is 0.417. The average molecular weight is 283 g/mol. The molecule has 0 aromatic carbocycles. The van der Waals surface area contributed by atoms with Gasteiger partial charge in [-0.25, -0.2) is 15.0 Å². The molecule has 2 aromatic rings. The van der Waals surface area contributed by atoms with Gasteiger partial charge >= 0.3 is 0 Å². The Hall–Kier alpha value is -1.20. The quantitative estimate of drug-likeness (QED) is 0.855. The Balaban J connectivity index is 2.03. The Morgan fingerprint density at radius 3 is 2.83 bits per heavy atom. The van der Waals surface area contributed by atoms with Crippen molar-refractivity contribution in [2.75, 3.05) is 11.9 Å². The molecule has 0 amide bonds. The molecule has 0 saturated carbocycles. The van der Waals surface area contributed by atoms with Crippen LogP contribution in [0.25, 0.3) is 0 Å². The summed E-state index contributed by atoms with van der Waals surface area (Å²) < 4.78 is 0. The first kappa shape index (κ1) is 13.2. The lowest BCUT2D eigenvalue weighted by atomic mass is 10.1. The molecule has 2 rings (SSSR count). The van der Waals surface area contributed by atoms with E-state index in [4.69, 9.17) is 11.6 Å². The molecule has 0 radical (unpaired) electrons. The second kappa shape index (κ2) is 6.11. The first-order valence-corrected chi connectivity index (χ1v) is 7.07. The predicted molar refractivity (Wildman–Crippen MR) is 75.4 cm³/mol. The molecule has 6 heteroatoms. The maximum atomic E-state index is 6.10. The van der Waals surface area contributed by atoms with Crippen molar-refractivity contribution in [2.45, 2.75) is 26.2 Å². The fourth-order valence-corrected chi connectivity index (χ4v) is 2.66. The third-order valence-electron chi connectivity index (χ3n) is 2.53. The van der Waals surface area contributed by atoms with Gasteiger partial charge in [-0.2, -0.15) is 0 Å². The van der Waals surface area contributed by atoms with Crippen LogP contribution in [0.4, 0.5) is 5.82 Å². The minimum absolute atomic E-state index is 0.293. The van der Waals surface area contributed by atoms with Gasteiger partial charge in [0.15, 0.2) is 0 Å². The van der Waals surface area contributed by atoms with E-state index in [2.05, 4.69) is 34.1 Å². The topological polar surface area (TPSA) is 50.7 Å². The van der Waals surface area contributed by atoms with Crippen LogP contribution < -0.4 is 5.32 Å². The van der Waals surface area contributed by atoms with E-state index in [-0.39, 0.29) is 0 Å². The third kappa shape index (κ3) is 3.17. The Kier molecular flexibility index (Phi) is 4.49. The van der Waals surface area contributed by atoms with Crippen molar-refractivity contribution in [1.82, 2.24) is 15.0 Å². The van der Waals surface area contributed by atoms with Crippen LogP contribution in [0.2, 0.25) is 5.15 Å². The SMILES string of the molecule is CC(C)c1c(Cl)ncnc1NCCc1nccs1. The van der Waals surface area contributed by atoms with E-state index in [1.54, 1.807) is 11.3 Å². The van der Waals surface area contributed by atoms with Crippen LogP contribution in [0.3, 0.4) is 0 Å². The van der Waals surface area contributed by atoms with Gasteiger partial charge in [0, 0.05) is 30.1 Å². The number of aromatic nitrogens is 3. The van der Waals surface area contributed by atoms with Crippen molar-refractivity contribution < 1.29 is 0 Å². The Labute approximate surface area is 115 Å². The van der Waals surface area contributed by atoms with Gasteiger partial charge < -0.3 is 5.32 Å². The highest BCUT2D eigenvalue weighted by atomic mass is 35.5. The fourth-order valence-electron chi connectivity index (χ4n) is 1.69. The van der Waals surface area contributed by atoms with Gasteiger partial charge in [-0.15, -0.1) is 11.3 Å². The second-order valence-electron chi connectivity index (χ2n) is 4.18. The Bertz CT molecular complexity index is 499. The summed E-state index contributed by atoms with van der Waals surface area (Å²) in [6, 6.07) is 0. The smallest absolute Gasteiger partial charge is 0.138 e. The van der Waals surface area contributed by atoms with E-state index in [0.717, 1.165) is 29.4 Å². The van der Waals surface area contributed by atoms with E-state index in [9.17, 15) is 0 Å². The van der Waals surface area contributed by atoms with Gasteiger partial charge in [-0.3, -0.25) is 0 Å². The number of nitrogens with zero attached hydrogens (tertiary/aromatic N) is 3. The zero-order valence-corrected chi connectivity index (χ0v) is 11.9. The van der Waals surface area contributed by atoms with Gasteiger partial charge in [0.2, 0.25) is 0 Å². The van der Waals surface area contributed by atoms with Crippen molar-refractivity contribution in [2.24, 2.45) is 0 Å². The summed E-state index contributed by atoms with van der Waals surface area (Å²) in [7, 11) is 0. The minimum atomic E-state index is 0.293. The van der Waals surface area contributed by atoms with E-state index < -0.39 is 0 Å². The van der Waals surface area contributed by atoms with Gasteiger partial charge in [-0.1, -0.05) is 25.4 Å². The lowest BCUT2D eigenvalue weighted by Gasteiger charge is -2.13. The molecule has 2 heterocycles. The number of nitrogens with one attached hydrogen (secondary N) is 1. The molecule has 0 aliphatic rings. The van der Waals surface area contributed by atoms with E-state index in [1.165, 1.54) is 6.33 Å². The maximum Gasteiger partial charge on any atom is 0.138 e. The molecule has 4 nitrogen and oxygen atoms in total. The van der Waals surface area contributed by atoms with Crippen LogP contribution in [0.15, 0.2) is 17.9 Å². The summed E-state index contributed by atoms with van der Waals surface area (Å²) in [4.78, 5) is 12.5. The molecule has 0 spiro atoms. The normalized spacial score (nSPS) is 10.9. The molecule has 18 heavy (non-hydrogen) atoms. The molecule has 0 aliphatic heterocycles. The largest absolute Gasteiger partial charge is 0.369 e. The first-order chi connectivity index (χ1) is 8.68. The summed E-state index contributed by atoms with van der Waals surface area (Å²) in [6.45, 7) is 4.95. The molecule has 0 aliphatic carbocycles. The maximum absolute atomic E-state index is 6.10. The summed E-state index contributed by atoms with van der Waals surface area (Å²) in [5.74, 6) is 1.11. The number of hydrogen-bond acceptors (Lipinski definition) is 5. The molecular weight excluding hydrogens is 268 g/mol.